The summed E-state index contributed by atoms with van der Waals surface area (Å²) in [6.07, 6.45) is 4.41. The number of rotatable bonds is 0. The first kappa shape index (κ1) is 14.3. The van der Waals surface area contributed by atoms with E-state index in [0.29, 0.717) is 0 Å². The molecule has 0 atom stereocenters. The number of benzene rings is 5. The van der Waals surface area contributed by atoms with Crippen LogP contribution in [-0.2, 0) is 25.7 Å². The lowest BCUT2D eigenvalue weighted by Crippen LogP contribution is -1.97. The number of hydrogen-bond acceptors (Lipinski definition) is 0. The van der Waals surface area contributed by atoms with Crippen LogP contribution in [0.5, 0.6) is 0 Å². The van der Waals surface area contributed by atoms with Crippen molar-refractivity contribution >= 4 is 32.3 Å². The first-order valence-electron chi connectivity index (χ1n) is 9.62. The van der Waals surface area contributed by atoms with Gasteiger partial charge in [-0.15, -0.1) is 0 Å². The predicted molar refractivity (Wildman–Crippen MR) is 111 cm³/mol. The van der Waals surface area contributed by atoms with Gasteiger partial charge in [0.15, 0.2) is 0 Å². The van der Waals surface area contributed by atoms with E-state index in [9.17, 15) is 0 Å². The van der Waals surface area contributed by atoms with E-state index in [0.717, 1.165) is 25.7 Å². The van der Waals surface area contributed by atoms with E-state index < -0.39 is 0 Å². The number of aryl methyl sites for hydroxylation is 4. The minimum Gasteiger partial charge on any atom is -0.0588 e. The van der Waals surface area contributed by atoms with Gasteiger partial charge >= 0.3 is 0 Å². The summed E-state index contributed by atoms with van der Waals surface area (Å²) in [5.41, 5.74) is 5.75. The fourth-order valence-electron chi connectivity index (χ4n) is 4.71. The van der Waals surface area contributed by atoms with Crippen molar-refractivity contribution in [3.05, 3.63) is 95.1 Å². The topological polar surface area (TPSA) is 0 Å². The van der Waals surface area contributed by atoms with Crippen LogP contribution in [0.3, 0.4) is 0 Å². The quantitative estimate of drug-likeness (QED) is 0.285. The highest BCUT2D eigenvalue weighted by molar-refractivity contribution is 6.23. The Bertz CT molecular complexity index is 1090. The van der Waals surface area contributed by atoms with Crippen molar-refractivity contribution in [2.24, 2.45) is 0 Å². The first-order chi connectivity index (χ1) is 12.8. The van der Waals surface area contributed by atoms with Crippen molar-refractivity contribution in [1.82, 2.24) is 0 Å². The van der Waals surface area contributed by atoms with Gasteiger partial charge in [-0.1, -0.05) is 72.8 Å². The molecule has 0 amide bonds. The summed E-state index contributed by atoms with van der Waals surface area (Å²) in [5.74, 6) is 0. The molecule has 5 aromatic rings. The first-order valence-corrected chi connectivity index (χ1v) is 9.62. The summed E-state index contributed by atoms with van der Waals surface area (Å²) < 4.78 is 0. The summed E-state index contributed by atoms with van der Waals surface area (Å²) in [6, 6.07) is 28.1. The SMILES string of the molecule is c1cc2ccc1CCc1cc3ccc4cc(cc5ccc(c1)c3c45)CC2. The Kier molecular flexibility index (Phi) is 2.93. The van der Waals surface area contributed by atoms with Crippen molar-refractivity contribution in [3.63, 3.8) is 0 Å². The van der Waals surface area contributed by atoms with Crippen LogP contribution < -0.4 is 0 Å². The standard InChI is InChI=1S/C26H20/c1-2-18-4-3-17(1)5-7-19-13-21-9-11-23-15-20(8-6-18)16-24-12-10-22(14-19)25(21)26(23)24/h1-4,9-16H,5-8H2. The lowest BCUT2D eigenvalue weighted by molar-refractivity contribution is 0.942. The second-order valence-electron chi connectivity index (χ2n) is 7.78. The zero-order valence-corrected chi connectivity index (χ0v) is 14.8. The second-order valence-corrected chi connectivity index (χ2v) is 7.78. The maximum absolute atomic E-state index is 2.40. The molecule has 0 saturated heterocycles. The molecule has 8 aliphatic rings. The molecule has 0 heteroatoms. The molecule has 0 heterocycles. The monoisotopic (exact) mass is 332 g/mol. The summed E-state index contributed by atoms with van der Waals surface area (Å²) in [7, 11) is 0. The van der Waals surface area contributed by atoms with Crippen LogP contribution in [0.2, 0.25) is 0 Å². The molecule has 5 aromatic carbocycles. The van der Waals surface area contributed by atoms with Gasteiger partial charge in [-0.25, -0.2) is 0 Å². The summed E-state index contributed by atoms with van der Waals surface area (Å²) in [6.45, 7) is 0. The third-order valence-corrected chi connectivity index (χ3v) is 6.08. The Labute approximate surface area is 153 Å². The van der Waals surface area contributed by atoms with E-state index >= 15 is 0 Å². The Morgan fingerprint density at radius 2 is 0.654 bits per heavy atom. The molecule has 124 valence electrons. The fraction of sp³-hybridized carbons (Fsp3) is 0.154. The molecule has 26 heavy (non-hydrogen) atoms. The van der Waals surface area contributed by atoms with Gasteiger partial charge < -0.3 is 0 Å². The normalized spacial score (nSPS) is 14.3. The van der Waals surface area contributed by atoms with Gasteiger partial charge in [0.05, 0.1) is 0 Å². The Morgan fingerprint density at radius 3 is 1.00 bits per heavy atom. The molecule has 0 saturated carbocycles. The van der Waals surface area contributed by atoms with Crippen LogP contribution in [0.15, 0.2) is 72.8 Å². The lowest BCUT2D eigenvalue weighted by atomic mass is 9.89. The van der Waals surface area contributed by atoms with Crippen LogP contribution in [0.4, 0.5) is 0 Å². The smallest absolute Gasteiger partial charge is 0.00266 e. The fourth-order valence-corrected chi connectivity index (χ4v) is 4.71. The highest BCUT2D eigenvalue weighted by Crippen LogP contribution is 2.36. The molecule has 0 spiro atoms. The average Bonchev–Trinajstić information content (AvgIpc) is 2.68. The molecule has 13 rings (SSSR count). The maximum Gasteiger partial charge on any atom is -0.00266 e. The largest absolute Gasteiger partial charge is 0.0588 e. The second kappa shape index (κ2) is 5.32. The van der Waals surface area contributed by atoms with Crippen molar-refractivity contribution in [1.29, 1.82) is 0 Å². The highest BCUT2D eigenvalue weighted by Gasteiger charge is 2.11. The predicted octanol–water partition coefficient (Wildman–Crippen LogP) is 6.47. The minimum atomic E-state index is 1.10. The van der Waals surface area contributed by atoms with Crippen LogP contribution in [0.25, 0.3) is 32.3 Å². The third kappa shape index (κ3) is 2.15. The molecule has 0 nitrogen and oxygen atoms in total. The van der Waals surface area contributed by atoms with Crippen LogP contribution >= 0.6 is 0 Å². The van der Waals surface area contributed by atoms with Gasteiger partial charge in [0.25, 0.3) is 0 Å². The third-order valence-electron chi connectivity index (χ3n) is 6.08. The summed E-state index contributed by atoms with van der Waals surface area (Å²) >= 11 is 0. The van der Waals surface area contributed by atoms with Crippen molar-refractivity contribution < 1.29 is 0 Å². The lowest BCUT2D eigenvalue weighted by Gasteiger charge is -2.15. The molecule has 0 radical (unpaired) electrons. The summed E-state index contributed by atoms with van der Waals surface area (Å²) in [4.78, 5) is 0. The van der Waals surface area contributed by atoms with E-state index in [1.807, 2.05) is 0 Å². The minimum absolute atomic E-state index is 1.10. The van der Waals surface area contributed by atoms with Gasteiger partial charge in [-0.05, 0) is 80.3 Å². The van der Waals surface area contributed by atoms with E-state index in [-0.39, 0.29) is 0 Å². The maximum atomic E-state index is 2.40. The Hall–Kier alpha value is -2.86. The van der Waals surface area contributed by atoms with Gasteiger partial charge in [-0.3, -0.25) is 0 Å². The van der Waals surface area contributed by atoms with Crippen molar-refractivity contribution in [2.45, 2.75) is 25.7 Å². The van der Waals surface area contributed by atoms with Crippen molar-refractivity contribution in [3.8, 4) is 0 Å². The van der Waals surface area contributed by atoms with E-state index in [2.05, 4.69) is 72.8 Å². The molecule has 10 bridgehead atoms. The molecule has 0 aromatic heterocycles. The summed E-state index contributed by atoms with van der Waals surface area (Å²) in [5, 5.41) is 8.39. The van der Waals surface area contributed by atoms with E-state index in [1.54, 1.807) is 0 Å². The molecular formula is C26H20. The van der Waals surface area contributed by atoms with Gasteiger partial charge in [0.1, 0.15) is 0 Å². The van der Waals surface area contributed by atoms with Crippen LogP contribution in [0, 0.1) is 0 Å². The molecule has 8 aliphatic carbocycles. The Balaban J connectivity index is 1.69. The Morgan fingerprint density at radius 1 is 0.346 bits per heavy atom. The van der Waals surface area contributed by atoms with Gasteiger partial charge in [0.2, 0.25) is 0 Å². The molecule has 0 unspecified atom stereocenters. The van der Waals surface area contributed by atoms with Gasteiger partial charge in [0, 0.05) is 0 Å². The van der Waals surface area contributed by atoms with E-state index in [4.69, 9.17) is 0 Å². The molecule has 0 fully saturated rings. The molecule has 0 N–H and O–H groups in total. The highest BCUT2D eigenvalue weighted by atomic mass is 14.2. The average molecular weight is 332 g/mol. The zero-order valence-electron chi connectivity index (χ0n) is 14.8. The van der Waals surface area contributed by atoms with Crippen LogP contribution in [0.1, 0.15) is 22.3 Å². The van der Waals surface area contributed by atoms with Gasteiger partial charge in [-0.2, -0.15) is 0 Å². The molecule has 0 aliphatic heterocycles. The van der Waals surface area contributed by atoms with E-state index in [1.165, 1.54) is 54.6 Å². The molecular weight excluding hydrogens is 312 g/mol. The zero-order chi connectivity index (χ0) is 17.1. The van der Waals surface area contributed by atoms with Crippen LogP contribution in [-0.4, -0.2) is 0 Å². The number of hydrogen-bond donors (Lipinski definition) is 0. The van der Waals surface area contributed by atoms with Crippen molar-refractivity contribution in [2.75, 3.05) is 0 Å².